The van der Waals surface area contributed by atoms with Gasteiger partial charge in [0, 0.05) is 31.7 Å². The fraction of sp³-hybridized carbons (Fsp3) is 0.429. The van der Waals surface area contributed by atoms with Crippen LogP contribution in [-0.2, 0) is 19.1 Å². The van der Waals surface area contributed by atoms with E-state index in [1.807, 2.05) is 19.1 Å². The average molecular weight is 767 g/mol. The molecule has 13 heteroatoms. The first kappa shape index (κ1) is 38.6. The average Bonchev–Trinajstić information content (AvgIpc) is 2.88. The van der Waals surface area contributed by atoms with Crippen LogP contribution in [0.3, 0.4) is 0 Å². The maximum atomic E-state index is 12.0. The molecule has 0 aliphatic heterocycles. The first-order chi connectivity index (χ1) is 19.4. The predicted octanol–water partition coefficient (Wildman–Crippen LogP) is 7.09. The standard InChI is InChI=1S/C15H20O4.C13H16O5.BBr3/c1-4-19-15(17)7-5-6-13(16)12-9-8-11(2)10-14(12)18-3;1-2-18-13(17)5-3-4-11(15)10-7-6-9(14)8-12(10)16;2-1(3)4/h8-10H,4-7H2,1-3H3;6-8,14,16H,2-5H2,1H3;. The number of phenolic OH excluding ortho intramolecular Hbond substituents is 2. The number of carbonyl (C=O) groups excluding carboxylic acids is 4. The van der Waals surface area contributed by atoms with E-state index in [9.17, 15) is 24.3 Å². The van der Waals surface area contributed by atoms with E-state index < -0.39 is 0 Å². The van der Waals surface area contributed by atoms with Crippen LogP contribution < -0.4 is 4.74 Å². The first-order valence-electron chi connectivity index (χ1n) is 12.8. The van der Waals surface area contributed by atoms with Gasteiger partial charge in [0.2, 0.25) is 0 Å². The minimum absolute atomic E-state index is 0.0128. The Balaban J connectivity index is 0.000000691. The van der Waals surface area contributed by atoms with E-state index >= 15 is 0 Å². The van der Waals surface area contributed by atoms with Crippen molar-refractivity contribution in [3.63, 3.8) is 0 Å². The molecule has 226 valence electrons. The molecule has 0 atom stereocenters. The lowest BCUT2D eigenvalue weighted by atomic mass is 10.0. The molecule has 0 aromatic heterocycles. The summed E-state index contributed by atoms with van der Waals surface area (Å²) in [5.74, 6) is -0.641. The molecule has 0 spiro atoms. The highest BCUT2D eigenvalue weighted by Gasteiger charge is 2.14. The number of hydrogen-bond donors (Lipinski definition) is 2. The van der Waals surface area contributed by atoms with Crippen molar-refractivity contribution in [1.82, 2.24) is 0 Å². The Labute approximate surface area is 266 Å². The highest BCUT2D eigenvalue weighted by atomic mass is 79.9. The van der Waals surface area contributed by atoms with E-state index in [4.69, 9.17) is 19.3 Å². The van der Waals surface area contributed by atoms with Crippen LogP contribution in [0, 0.1) is 6.92 Å². The minimum Gasteiger partial charge on any atom is -0.508 e. The van der Waals surface area contributed by atoms with Crippen LogP contribution in [0.5, 0.6) is 17.2 Å². The number of phenols is 2. The van der Waals surface area contributed by atoms with Crippen LogP contribution in [0.15, 0.2) is 36.4 Å². The number of ketones is 2. The van der Waals surface area contributed by atoms with Gasteiger partial charge in [-0.2, -0.15) is 0 Å². The number of Topliss-reactive ketones (excluding diaryl/α,β-unsaturated/α-hetero) is 2. The molecule has 9 nitrogen and oxygen atoms in total. The van der Waals surface area contributed by atoms with Gasteiger partial charge < -0.3 is 24.4 Å². The molecule has 0 unspecified atom stereocenters. The maximum absolute atomic E-state index is 12.0. The molecule has 0 saturated heterocycles. The molecule has 0 fully saturated rings. The second-order valence-corrected chi connectivity index (χ2v) is 14.7. The maximum Gasteiger partial charge on any atom is 0.369 e. The summed E-state index contributed by atoms with van der Waals surface area (Å²) in [5, 5.41) is 18.6. The normalized spacial score (nSPS) is 9.73. The number of ether oxygens (including phenoxy) is 3. The second-order valence-electron chi connectivity index (χ2n) is 8.32. The Morgan fingerprint density at radius 2 is 1.22 bits per heavy atom. The molecule has 0 bridgehead atoms. The Kier molecular flexibility index (Phi) is 21.0. The van der Waals surface area contributed by atoms with E-state index in [-0.39, 0.29) is 63.0 Å². The Morgan fingerprint density at radius 3 is 1.66 bits per heavy atom. The summed E-state index contributed by atoms with van der Waals surface area (Å²) in [6, 6.07) is 9.27. The number of aromatic hydroxyl groups is 2. The van der Waals surface area contributed by atoms with Gasteiger partial charge in [-0.25, -0.2) is 0 Å². The van der Waals surface area contributed by atoms with Gasteiger partial charge in [-0.05, 0) is 63.4 Å². The lowest BCUT2D eigenvalue weighted by molar-refractivity contribution is -0.144. The molecule has 0 saturated carbocycles. The van der Waals surface area contributed by atoms with Crippen molar-refractivity contribution in [2.24, 2.45) is 0 Å². The largest absolute Gasteiger partial charge is 0.508 e. The van der Waals surface area contributed by atoms with Gasteiger partial charge in [0.15, 0.2) is 11.6 Å². The smallest absolute Gasteiger partial charge is 0.369 e. The molecule has 2 aromatic rings. The fourth-order valence-electron chi connectivity index (χ4n) is 3.31. The van der Waals surface area contributed by atoms with Crippen LogP contribution in [-0.4, -0.2) is 57.2 Å². The second kappa shape index (κ2) is 22.3. The quantitative estimate of drug-likeness (QED) is 0.124. The molecular formula is C28H36BBr3O9. The van der Waals surface area contributed by atoms with E-state index in [1.54, 1.807) is 27.0 Å². The highest BCUT2D eigenvalue weighted by molar-refractivity contribution is 9.69. The molecule has 0 aliphatic rings. The number of aryl methyl sites for hydroxylation is 1. The number of methoxy groups -OCH3 is 1. The molecule has 2 rings (SSSR count). The van der Waals surface area contributed by atoms with Crippen molar-refractivity contribution in [3.8, 4) is 17.2 Å². The van der Waals surface area contributed by atoms with Gasteiger partial charge in [0.05, 0.1) is 31.5 Å². The van der Waals surface area contributed by atoms with Crippen LogP contribution in [0.25, 0.3) is 0 Å². The molecule has 41 heavy (non-hydrogen) atoms. The zero-order valence-electron chi connectivity index (χ0n) is 23.6. The summed E-state index contributed by atoms with van der Waals surface area (Å²) in [4.78, 5) is 46.0. The third-order valence-electron chi connectivity index (χ3n) is 5.12. The van der Waals surface area contributed by atoms with Crippen LogP contribution >= 0.6 is 47.3 Å². The van der Waals surface area contributed by atoms with Gasteiger partial charge in [0.25, 0.3) is 0 Å². The summed E-state index contributed by atoms with van der Waals surface area (Å²) < 4.78 is 15.0. The zero-order chi connectivity index (χ0) is 31.4. The summed E-state index contributed by atoms with van der Waals surface area (Å²) >= 11 is 9.31. The van der Waals surface area contributed by atoms with Gasteiger partial charge >= 0.3 is 15.1 Å². The van der Waals surface area contributed by atoms with E-state index in [0.29, 0.717) is 43.8 Å². The first-order valence-corrected chi connectivity index (χ1v) is 15.6. The van der Waals surface area contributed by atoms with Crippen molar-refractivity contribution in [2.45, 2.75) is 59.3 Å². The monoisotopic (exact) mass is 764 g/mol. The number of benzene rings is 2. The summed E-state index contributed by atoms with van der Waals surface area (Å²) in [5.41, 5.74) is 1.76. The lowest BCUT2D eigenvalue weighted by Gasteiger charge is -2.08. The number of halogens is 3. The van der Waals surface area contributed by atoms with Crippen molar-refractivity contribution in [3.05, 3.63) is 53.1 Å². The van der Waals surface area contributed by atoms with Crippen LogP contribution in [0.4, 0.5) is 0 Å². The predicted molar refractivity (Wildman–Crippen MR) is 170 cm³/mol. The third kappa shape index (κ3) is 17.9. The molecular weight excluding hydrogens is 731 g/mol. The number of rotatable bonds is 13. The van der Waals surface area contributed by atoms with Gasteiger partial charge in [-0.15, -0.1) is 47.3 Å². The topological polar surface area (TPSA) is 136 Å². The number of hydrogen-bond acceptors (Lipinski definition) is 9. The van der Waals surface area contributed by atoms with E-state index in [0.717, 1.165) is 11.6 Å². The number of esters is 2. The van der Waals surface area contributed by atoms with Crippen molar-refractivity contribution < 1.29 is 43.6 Å². The third-order valence-corrected chi connectivity index (χ3v) is 5.12. The minimum atomic E-state index is -0.333. The summed E-state index contributed by atoms with van der Waals surface area (Å²) in [6.45, 7) is 6.12. The zero-order valence-corrected chi connectivity index (χ0v) is 28.3. The molecule has 2 N–H and O–H groups in total. The summed E-state index contributed by atoms with van der Waals surface area (Å²) in [6.07, 6.45) is 1.79. The molecule has 0 amide bonds. The van der Waals surface area contributed by atoms with Gasteiger partial charge in [-0.3, -0.25) is 19.2 Å². The summed E-state index contributed by atoms with van der Waals surface area (Å²) in [7, 11) is 1.55. The Bertz CT molecular complexity index is 1120. The Morgan fingerprint density at radius 1 is 0.756 bits per heavy atom. The highest BCUT2D eigenvalue weighted by Crippen LogP contribution is 2.24. The fourth-order valence-corrected chi connectivity index (χ4v) is 3.31. The van der Waals surface area contributed by atoms with Gasteiger partial charge in [-0.1, -0.05) is 6.07 Å². The lowest BCUT2D eigenvalue weighted by Crippen LogP contribution is -2.06. The molecule has 0 heterocycles. The van der Waals surface area contributed by atoms with Crippen molar-refractivity contribution in [2.75, 3.05) is 20.3 Å². The van der Waals surface area contributed by atoms with Crippen molar-refractivity contribution in [1.29, 1.82) is 0 Å². The van der Waals surface area contributed by atoms with E-state index in [1.165, 1.54) is 12.1 Å². The van der Waals surface area contributed by atoms with E-state index in [2.05, 4.69) is 47.3 Å². The number of carbonyl (C=O) groups is 4. The van der Waals surface area contributed by atoms with Crippen LogP contribution in [0.2, 0.25) is 0 Å². The van der Waals surface area contributed by atoms with Crippen molar-refractivity contribution >= 4 is 74.0 Å². The molecule has 0 radical (unpaired) electrons. The molecule has 0 aliphatic carbocycles. The van der Waals surface area contributed by atoms with Gasteiger partial charge in [0.1, 0.15) is 17.2 Å². The SMILES string of the molecule is BrB(Br)Br.CCOC(=O)CCCC(=O)c1ccc(C)cc1OC.CCOC(=O)CCCC(=O)c1ccc(O)cc1O. The Hall–Kier alpha value is -2.38. The molecule has 2 aromatic carbocycles. The van der Waals surface area contributed by atoms with Crippen LogP contribution in [0.1, 0.15) is 78.7 Å².